The lowest BCUT2D eigenvalue weighted by Gasteiger charge is -2.21. The van der Waals surface area contributed by atoms with E-state index in [0.717, 1.165) is 11.0 Å². The van der Waals surface area contributed by atoms with E-state index < -0.39 is 0 Å². The van der Waals surface area contributed by atoms with E-state index in [2.05, 4.69) is 50.4 Å². The van der Waals surface area contributed by atoms with E-state index in [-0.39, 0.29) is 5.91 Å². The normalized spacial score (nSPS) is 10.9. The molecule has 1 aromatic heterocycles. The van der Waals surface area contributed by atoms with Gasteiger partial charge in [-0.05, 0) is 42.9 Å². The summed E-state index contributed by atoms with van der Waals surface area (Å²) in [7, 11) is 2.02. The van der Waals surface area contributed by atoms with Gasteiger partial charge in [0.05, 0.1) is 5.56 Å². The number of nitrogens with one attached hydrogen (secondary N) is 2. The summed E-state index contributed by atoms with van der Waals surface area (Å²) in [6.07, 6.45) is 1.58. The first-order chi connectivity index (χ1) is 8.95. The topological polar surface area (TPSA) is 83.3 Å². The summed E-state index contributed by atoms with van der Waals surface area (Å²) < 4.78 is 0.732. The number of nitrogens with two attached hydrogens (primary N) is 1. The van der Waals surface area contributed by atoms with E-state index in [0.29, 0.717) is 24.0 Å². The SMILES string of the molecule is CC(C)N(C)CCNC(=O)c1cc(Br)cnc1NN. The molecule has 7 heteroatoms. The molecule has 6 nitrogen and oxygen atoms in total. The van der Waals surface area contributed by atoms with E-state index in [4.69, 9.17) is 5.84 Å². The Hall–Kier alpha value is -1.18. The minimum atomic E-state index is -0.195. The molecule has 0 radical (unpaired) electrons. The van der Waals surface area contributed by atoms with Gasteiger partial charge in [0, 0.05) is 29.8 Å². The molecule has 4 N–H and O–H groups in total. The molecule has 0 aromatic carbocycles. The third-order valence-electron chi connectivity index (χ3n) is 2.87. The quantitative estimate of drug-likeness (QED) is 0.539. The van der Waals surface area contributed by atoms with Crippen LogP contribution in [0.1, 0.15) is 24.2 Å². The Morgan fingerprint density at radius 2 is 2.26 bits per heavy atom. The van der Waals surface area contributed by atoms with Gasteiger partial charge < -0.3 is 15.6 Å². The molecular weight excluding hydrogens is 310 g/mol. The summed E-state index contributed by atoms with van der Waals surface area (Å²) >= 11 is 3.28. The minimum absolute atomic E-state index is 0.195. The fourth-order valence-corrected chi connectivity index (χ4v) is 1.76. The number of likely N-dealkylation sites (N-methyl/N-ethyl adjacent to an activating group) is 1. The smallest absolute Gasteiger partial charge is 0.255 e. The van der Waals surface area contributed by atoms with E-state index in [1.165, 1.54) is 0 Å². The first-order valence-electron chi connectivity index (χ1n) is 6.06. The number of carbonyl (C=O) groups excluding carboxylic acids is 1. The molecule has 0 bridgehead atoms. The van der Waals surface area contributed by atoms with Crippen LogP contribution in [0.2, 0.25) is 0 Å². The van der Waals surface area contributed by atoms with Crippen LogP contribution in [0.5, 0.6) is 0 Å². The van der Waals surface area contributed by atoms with Crippen LogP contribution in [0.4, 0.5) is 5.82 Å². The molecule has 0 fully saturated rings. The van der Waals surface area contributed by atoms with Crippen LogP contribution in [0.3, 0.4) is 0 Å². The summed E-state index contributed by atoms with van der Waals surface area (Å²) in [4.78, 5) is 18.2. The molecule has 1 heterocycles. The molecule has 0 aliphatic heterocycles. The summed E-state index contributed by atoms with van der Waals surface area (Å²) in [6, 6.07) is 2.13. The molecule has 1 rings (SSSR count). The van der Waals surface area contributed by atoms with Crippen LogP contribution in [-0.2, 0) is 0 Å². The van der Waals surface area contributed by atoms with Crippen molar-refractivity contribution in [1.82, 2.24) is 15.2 Å². The molecule has 1 amide bonds. The van der Waals surface area contributed by atoms with Crippen molar-refractivity contribution in [2.24, 2.45) is 5.84 Å². The first kappa shape index (κ1) is 15.9. The number of amides is 1. The van der Waals surface area contributed by atoms with E-state index in [1.807, 2.05) is 7.05 Å². The first-order valence-corrected chi connectivity index (χ1v) is 6.85. The molecule has 0 unspecified atom stereocenters. The number of aromatic nitrogens is 1. The van der Waals surface area contributed by atoms with Crippen LogP contribution in [0.25, 0.3) is 0 Å². The van der Waals surface area contributed by atoms with Crippen molar-refractivity contribution in [3.63, 3.8) is 0 Å². The second-order valence-electron chi connectivity index (χ2n) is 4.52. The number of rotatable bonds is 6. The predicted octanol–water partition coefficient (Wildman–Crippen LogP) is 1.20. The molecule has 1 aromatic rings. The van der Waals surface area contributed by atoms with Gasteiger partial charge in [-0.25, -0.2) is 10.8 Å². The van der Waals surface area contributed by atoms with Crippen molar-refractivity contribution in [2.75, 3.05) is 25.6 Å². The highest BCUT2D eigenvalue weighted by Crippen LogP contribution is 2.16. The minimum Gasteiger partial charge on any atom is -0.351 e. The maximum atomic E-state index is 12.0. The van der Waals surface area contributed by atoms with Gasteiger partial charge in [0.25, 0.3) is 5.91 Å². The summed E-state index contributed by atoms with van der Waals surface area (Å²) in [5.74, 6) is 5.50. The van der Waals surface area contributed by atoms with Gasteiger partial charge >= 0.3 is 0 Å². The Kier molecular flexibility index (Phi) is 6.20. The van der Waals surface area contributed by atoms with Gasteiger partial charge in [-0.3, -0.25) is 4.79 Å². The number of hydrogen-bond donors (Lipinski definition) is 3. The summed E-state index contributed by atoms with van der Waals surface area (Å²) in [6.45, 7) is 5.58. The highest BCUT2D eigenvalue weighted by atomic mass is 79.9. The van der Waals surface area contributed by atoms with Crippen LogP contribution < -0.4 is 16.6 Å². The standard InChI is InChI=1S/C12H20BrN5O/c1-8(2)18(3)5-4-15-12(19)10-6-9(13)7-16-11(10)17-14/h6-8H,4-5,14H2,1-3H3,(H,15,19)(H,16,17). The summed E-state index contributed by atoms with van der Waals surface area (Å²) in [5.41, 5.74) is 2.84. The number of nitrogens with zero attached hydrogens (tertiary/aromatic N) is 2. The average Bonchev–Trinajstić information content (AvgIpc) is 2.38. The number of anilines is 1. The average molecular weight is 330 g/mol. The number of nitrogen functional groups attached to an aromatic ring is 1. The van der Waals surface area contributed by atoms with Crippen LogP contribution in [-0.4, -0.2) is 42.0 Å². The maximum absolute atomic E-state index is 12.0. The summed E-state index contributed by atoms with van der Waals surface area (Å²) in [5, 5.41) is 2.85. The lowest BCUT2D eigenvalue weighted by Crippen LogP contribution is -2.36. The van der Waals surface area contributed by atoms with Gasteiger partial charge in [-0.2, -0.15) is 0 Å². The maximum Gasteiger partial charge on any atom is 0.255 e. The van der Waals surface area contributed by atoms with Crippen LogP contribution >= 0.6 is 15.9 Å². The van der Waals surface area contributed by atoms with Crippen molar-refractivity contribution in [3.05, 3.63) is 22.3 Å². The highest BCUT2D eigenvalue weighted by molar-refractivity contribution is 9.10. The van der Waals surface area contributed by atoms with Crippen LogP contribution in [0, 0.1) is 0 Å². The number of pyridine rings is 1. The van der Waals surface area contributed by atoms with Crippen molar-refractivity contribution in [2.45, 2.75) is 19.9 Å². The third-order valence-corrected chi connectivity index (χ3v) is 3.30. The number of hydrazine groups is 1. The van der Waals surface area contributed by atoms with Crippen molar-refractivity contribution in [3.8, 4) is 0 Å². The molecule has 19 heavy (non-hydrogen) atoms. The second-order valence-corrected chi connectivity index (χ2v) is 5.44. The second kappa shape index (κ2) is 7.42. The molecule has 0 spiro atoms. The molecular formula is C12H20BrN5O. The Bertz CT molecular complexity index is 438. The molecule has 0 aliphatic rings. The van der Waals surface area contributed by atoms with Gasteiger partial charge in [0.2, 0.25) is 0 Å². The zero-order valence-corrected chi connectivity index (χ0v) is 13.0. The lowest BCUT2D eigenvalue weighted by atomic mass is 10.2. The van der Waals surface area contributed by atoms with E-state index in [9.17, 15) is 4.79 Å². The number of carbonyl (C=O) groups is 1. The van der Waals surface area contributed by atoms with Gasteiger partial charge in [-0.1, -0.05) is 0 Å². The molecule has 0 saturated heterocycles. The fraction of sp³-hybridized carbons (Fsp3) is 0.500. The fourth-order valence-electron chi connectivity index (χ4n) is 1.43. The van der Waals surface area contributed by atoms with Gasteiger partial charge in [0.15, 0.2) is 5.82 Å². The Labute approximate surface area is 121 Å². The lowest BCUT2D eigenvalue weighted by molar-refractivity contribution is 0.0948. The Morgan fingerprint density at radius 1 is 1.58 bits per heavy atom. The van der Waals surface area contributed by atoms with Crippen molar-refractivity contribution < 1.29 is 4.79 Å². The zero-order valence-electron chi connectivity index (χ0n) is 11.4. The molecule has 106 valence electrons. The highest BCUT2D eigenvalue weighted by Gasteiger charge is 2.13. The van der Waals surface area contributed by atoms with Crippen molar-refractivity contribution in [1.29, 1.82) is 0 Å². The third kappa shape index (κ3) is 4.77. The number of hydrogen-bond acceptors (Lipinski definition) is 5. The van der Waals surface area contributed by atoms with E-state index in [1.54, 1.807) is 12.3 Å². The van der Waals surface area contributed by atoms with Crippen LogP contribution in [0.15, 0.2) is 16.7 Å². The monoisotopic (exact) mass is 329 g/mol. The predicted molar refractivity (Wildman–Crippen MR) is 79.8 cm³/mol. The molecule has 0 atom stereocenters. The zero-order chi connectivity index (χ0) is 14.4. The van der Waals surface area contributed by atoms with Gasteiger partial charge in [0.1, 0.15) is 0 Å². The molecule has 0 aliphatic carbocycles. The van der Waals surface area contributed by atoms with Crippen molar-refractivity contribution >= 4 is 27.7 Å². The largest absolute Gasteiger partial charge is 0.351 e. The number of halogens is 1. The molecule has 0 saturated carbocycles. The van der Waals surface area contributed by atoms with E-state index >= 15 is 0 Å². The Morgan fingerprint density at radius 3 is 2.84 bits per heavy atom. The van der Waals surface area contributed by atoms with Gasteiger partial charge in [-0.15, -0.1) is 0 Å². The Balaban J connectivity index is 2.61.